The molecule has 2 aliphatic heterocycles. The fourth-order valence-electron chi connectivity index (χ4n) is 3.63. The summed E-state index contributed by atoms with van der Waals surface area (Å²) in [5.41, 5.74) is 8.65. The lowest BCUT2D eigenvalue weighted by Crippen LogP contribution is -2.43. The number of amidine groups is 2. The Balaban J connectivity index is 2.54. The molecule has 4 heteroatoms. The average molecular weight is 290 g/mol. The Morgan fingerprint density at radius 1 is 1.19 bits per heavy atom. The maximum absolute atomic E-state index is 7.82. The summed E-state index contributed by atoms with van der Waals surface area (Å²) in [6, 6.07) is 0.205. The van der Waals surface area contributed by atoms with E-state index in [0.717, 1.165) is 18.8 Å². The topological polar surface area (TPSA) is 65.5 Å². The number of hydrogen-bond donors (Lipinski definition) is 2. The molecule has 1 saturated heterocycles. The molecule has 21 heavy (non-hydrogen) atoms. The highest BCUT2D eigenvalue weighted by atomic mass is 15.3. The lowest BCUT2D eigenvalue weighted by molar-refractivity contribution is 0.394. The van der Waals surface area contributed by atoms with Gasteiger partial charge in [-0.15, -0.1) is 0 Å². The molecule has 2 aliphatic rings. The summed E-state index contributed by atoms with van der Waals surface area (Å²) in [5, 5.41) is 7.82. The highest BCUT2D eigenvalue weighted by Crippen LogP contribution is 2.44. The minimum Gasteiger partial charge on any atom is -0.387 e. The molecule has 3 N–H and O–H groups in total. The Morgan fingerprint density at radius 3 is 2.19 bits per heavy atom. The molecule has 2 atom stereocenters. The maximum atomic E-state index is 7.82. The van der Waals surface area contributed by atoms with Crippen LogP contribution in [0.15, 0.2) is 16.3 Å². The van der Waals surface area contributed by atoms with E-state index >= 15 is 0 Å². The van der Waals surface area contributed by atoms with Crippen molar-refractivity contribution in [1.29, 1.82) is 5.41 Å². The van der Waals surface area contributed by atoms with E-state index in [1.54, 1.807) is 0 Å². The summed E-state index contributed by atoms with van der Waals surface area (Å²) in [6.07, 6.45) is 0.876. The summed E-state index contributed by atoms with van der Waals surface area (Å²) in [6.45, 7) is 16.4. The molecule has 0 aromatic rings. The van der Waals surface area contributed by atoms with Gasteiger partial charge >= 0.3 is 0 Å². The van der Waals surface area contributed by atoms with Crippen molar-refractivity contribution in [2.75, 3.05) is 6.54 Å². The predicted molar refractivity (Wildman–Crippen MR) is 89.6 cm³/mol. The third-order valence-corrected chi connectivity index (χ3v) is 4.39. The highest BCUT2D eigenvalue weighted by Gasteiger charge is 2.42. The van der Waals surface area contributed by atoms with E-state index < -0.39 is 0 Å². The number of nitrogens with zero attached hydrogens (tertiary/aromatic N) is 2. The molecule has 0 radical (unpaired) electrons. The monoisotopic (exact) mass is 290 g/mol. The number of nitrogens with two attached hydrogens (primary N) is 1. The third-order valence-electron chi connectivity index (χ3n) is 4.39. The quantitative estimate of drug-likeness (QED) is 0.574. The predicted octanol–water partition coefficient (Wildman–Crippen LogP) is 3.39. The van der Waals surface area contributed by atoms with Gasteiger partial charge in [0.05, 0.1) is 11.9 Å². The van der Waals surface area contributed by atoms with E-state index in [1.165, 1.54) is 11.3 Å². The zero-order valence-electron chi connectivity index (χ0n) is 14.5. The van der Waals surface area contributed by atoms with Crippen molar-refractivity contribution >= 4 is 11.7 Å². The molecule has 0 bridgehead atoms. The molecule has 0 spiro atoms. The van der Waals surface area contributed by atoms with Gasteiger partial charge in [-0.3, -0.25) is 10.4 Å². The number of fused-ring (bicyclic) bond motifs is 1. The van der Waals surface area contributed by atoms with Crippen molar-refractivity contribution in [2.24, 2.45) is 27.5 Å². The molecule has 118 valence electrons. The van der Waals surface area contributed by atoms with E-state index in [0.29, 0.717) is 5.84 Å². The molecule has 2 rings (SSSR count). The molecule has 1 fully saturated rings. The zero-order chi connectivity index (χ0) is 16.2. The largest absolute Gasteiger partial charge is 0.387 e. The van der Waals surface area contributed by atoms with Crippen LogP contribution in [0.2, 0.25) is 0 Å². The summed E-state index contributed by atoms with van der Waals surface area (Å²) < 4.78 is 0. The summed E-state index contributed by atoms with van der Waals surface area (Å²) >= 11 is 0. The van der Waals surface area contributed by atoms with Gasteiger partial charge in [0.25, 0.3) is 0 Å². The second-order valence-electron chi connectivity index (χ2n) is 8.46. The van der Waals surface area contributed by atoms with Crippen LogP contribution >= 0.6 is 0 Å². The number of rotatable bonds is 1. The number of nitrogens with one attached hydrogen (secondary N) is 1. The van der Waals surface area contributed by atoms with Crippen molar-refractivity contribution in [3.63, 3.8) is 0 Å². The molecular weight excluding hydrogens is 260 g/mol. The van der Waals surface area contributed by atoms with Gasteiger partial charge in [-0.1, -0.05) is 41.5 Å². The molecule has 0 aromatic heterocycles. The van der Waals surface area contributed by atoms with Crippen LogP contribution in [0, 0.1) is 22.2 Å². The van der Waals surface area contributed by atoms with Crippen LogP contribution in [0.25, 0.3) is 0 Å². The van der Waals surface area contributed by atoms with Gasteiger partial charge in [0.15, 0.2) is 0 Å². The van der Waals surface area contributed by atoms with Crippen LogP contribution in [-0.4, -0.2) is 29.2 Å². The van der Waals surface area contributed by atoms with Crippen molar-refractivity contribution in [2.45, 2.75) is 60.9 Å². The third kappa shape index (κ3) is 2.85. The highest BCUT2D eigenvalue weighted by molar-refractivity contribution is 5.92. The first kappa shape index (κ1) is 16.1. The molecular formula is C17H30N4. The fraction of sp³-hybridized carbons (Fsp3) is 0.765. The van der Waals surface area contributed by atoms with Crippen LogP contribution in [0.1, 0.15) is 54.9 Å². The Kier molecular flexibility index (Phi) is 3.71. The lowest BCUT2D eigenvalue weighted by Gasteiger charge is -2.41. The van der Waals surface area contributed by atoms with E-state index in [2.05, 4.69) is 53.4 Å². The van der Waals surface area contributed by atoms with Crippen LogP contribution in [0.3, 0.4) is 0 Å². The molecule has 0 aromatic carbocycles. The molecule has 4 nitrogen and oxygen atoms in total. The minimum absolute atomic E-state index is 0.00854. The number of allylic oxidation sites excluding steroid dienone is 1. The van der Waals surface area contributed by atoms with Crippen LogP contribution < -0.4 is 5.73 Å². The Hall–Kier alpha value is -1.32. The van der Waals surface area contributed by atoms with Crippen LogP contribution in [-0.2, 0) is 0 Å². The summed E-state index contributed by atoms with van der Waals surface area (Å²) in [4.78, 5) is 7.35. The molecule has 0 amide bonds. The van der Waals surface area contributed by atoms with Crippen LogP contribution in [0.4, 0.5) is 0 Å². The molecule has 2 heterocycles. The van der Waals surface area contributed by atoms with Crippen molar-refractivity contribution in [3.05, 3.63) is 11.3 Å². The number of hydrogen-bond acceptors (Lipinski definition) is 3. The van der Waals surface area contributed by atoms with E-state index in [-0.39, 0.29) is 22.8 Å². The van der Waals surface area contributed by atoms with E-state index in [9.17, 15) is 0 Å². The lowest BCUT2D eigenvalue weighted by atomic mass is 9.79. The standard InChI is InChI=1S/C17H30N4/c1-10-13(16(2,3)4)12-8-11(14(18)19)9-21(12)15(20-10)17(5,6)7/h10-11H,8-9H2,1-7H3,(H3,18,19)/t10-,11?/m0/s1. The van der Waals surface area contributed by atoms with E-state index in [4.69, 9.17) is 16.1 Å². The van der Waals surface area contributed by atoms with E-state index in [1.807, 2.05) is 0 Å². The van der Waals surface area contributed by atoms with Gasteiger partial charge in [0, 0.05) is 23.6 Å². The SMILES string of the molecule is C[C@@H]1N=C(C(C)(C)C)N2CC(C(=N)N)CC2=C1C(C)(C)C. The number of aliphatic imine (C=N–C) groups is 1. The van der Waals surface area contributed by atoms with Crippen molar-refractivity contribution < 1.29 is 0 Å². The van der Waals surface area contributed by atoms with Crippen LogP contribution in [0.5, 0.6) is 0 Å². The minimum atomic E-state index is 0.00854. The van der Waals surface area contributed by atoms with Gasteiger partial charge in [-0.2, -0.15) is 0 Å². The second-order valence-corrected chi connectivity index (χ2v) is 8.46. The molecule has 1 unspecified atom stereocenters. The first-order valence-electron chi connectivity index (χ1n) is 7.86. The van der Waals surface area contributed by atoms with Gasteiger partial charge < -0.3 is 10.6 Å². The smallest absolute Gasteiger partial charge is 0.109 e. The van der Waals surface area contributed by atoms with Gasteiger partial charge in [0.1, 0.15) is 5.84 Å². The second kappa shape index (κ2) is 4.85. The Labute approximate surface area is 129 Å². The Morgan fingerprint density at radius 2 is 1.76 bits per heavy atom. The average Bonchev–Trinajstić information content (AvgIpc) is 2.68. The van der Waals surface area contributed by atoms with Crippen molar-refractivity contribution in [1.82, 2.24) is 4.90 Å². The fourth-order valence-corrected chi connectivity index (χ4v) is 3.63. The summed E-state index contributed by atoms with van der Waals surface area (Å²) in [7, 11) is 0. The normalized spacial score (nSPS) is 26.8. The van der Waals surface area contributed by atoms with Gasteiger partial charge in [0.2, 0.25) is 0 Å². The molecule has 0 aliphatic carbocycles. The van der Waals surface area contributed by atoms with Gasteiger partial charge in [-0.25, -0.2) is 0 Å². The first-order valence-corrected chi connectivity index (χ1v) is 7.86. The maximum Gasteiger partial charge on any atom is 0.109 e. The van der Waals surface area contributed by atoms with Gasteiger partial charge in [-0.05, 0) is 24.3 Å². The zero-order valence-corrected chi connectivity index (χ0v) is 14.5. The summed E-state index contributed by atoms with van der Waals surface area (Å²) in [5.74, 6) is 1.56. The molecule has 0 saturated carbocycles. The van der Waals surface area contributed by atoms with Crippen molar-refractivity contribution in [3.8, 4) is 0 Å². The Bertz CT molecular complexity index is 514. The first-order chi connectivity index (χ1) is 9.43.